The molecule has 1 fully saturated rings. The van der Waals surface area contributed by atoms with Crippen LogP contribution in [0.3, 0.4) is 0 Å². The smallest absolute Gasteiger partial charge is 0.168 e. The molecular formula is C13H19F2N3. The topological polar surface area (TPSA) is 28.2 Å². The summed E-state index contributed by atoms with van der Waals surface area (Å²) in [4.78, 5) is 6.05. The summed E-state index contributed by atoms with van der Waals surface area (Å²) < 4.78 is 27.3. The molecule has 0 saturated carbocycles. The molecule has 1 aromatic heterocycles. The van der Waals surface area contributed by atoms with Gasteiger partial charge in [0, 0.05) is 25.7 Å². The molecule has 2 heterocycles. The van der Waals surface area contributed by atoms with Crippen molar-refractivity contribution in [2.75, 3.05) is 23.8 Å². The highest BCUT2D eigenvalue weighted by atomic mass is 19.1. The van der Waals surface area contributed by atoms with Gasteiger partial charge < -0.3 is 10.2 Å². The second-order valence-corrected chi connectivity index (χ2v) is 4.63. The maximum atomic E-state index is 13.9. The summed E-state index contributed by atoms with van der Waals surface area (Å²) in [6.07, 6.45) is 4.19. The average Bonchev–Trinajstić information content (AvgIpc) is 2.39. The summed E-state index contributed by atoms with van der Waals surface area (Å²) in [7, 11) is 1.58. The van der Waals surface area contributed by atoms with E-state index in [2.05, 4.69) is 17.2 Å². The minimum atomic E-state index is -0.649. The lowest BCUT2D eigenvalue weighted by atomic mass is 10.00. The minimum Gasteiger partial charge on any atom is -0.371 e. The molecular weight excluding hydrogens is 236 g/mol. The Kier molecular flexibility index (Phi) is 3.99. The number of halogens is 2. The van der Waals surface area contributed by atoms with Gasteiger partial charge in [-0.15, -0.1) is 0 Å². The largest absolute Gasteiger partial charge is 0.371 e. The predicted octanol–water partition coefficient (Wildman–Crippen LogP) is 3.17. The average molecular weight is 255 g/mol. The Morgan fingerprint density at radius 1 is 1.39 bits per heavy atom. The normalized spacial score (nSPS) is 20.0. The van der Waals surface area contributed by atoms with Crippen LogP contribution in [0.4, 0.5) is 20.4 Å². The Hall–Kier alpha value is -1.39. The molecule has 1 N–H and O–H groups in total. The van der Waals surface area contributed by atoms with Crippen molar-refractivity contribution in [3.63, 3.8) is 0 Å². The summed E-state index contributed by atoms with van der Waals surface area (Å²) in [6.45, 7) is 2.88. The lowest BCUT2D eigenvalue weighted by molar-refractivity contribution is 0.438. The third-order valence-electron chi connectivity index (χ3n) is 3.52. The van der Waals surface area contributed by atoms with E-state index < -0.39 is 11.6 Å². The zero-order valence-electron chi connectivity index (χ0n) is 10.8. The molecule has 5 heteroatoms. The summed E-state index contributed by atoms with van der Waals surface area (Å²) in [5, 5.41) is 2.66. The van der Waals surface area contributed by atoms with Gasteiger partial charge in [-0.05, 0) is 25.7 Å². The van der Waals surface area contributed by atoms with Crippen molar-refractivity contribution < 1.29 is 8.78 Å². The van der Waals surface area contributed by atoms with Crippen molar-refractivity contribution in [3.05, 3.63) is 17.7 Å². The number of anilines is 2. The number of pyridine rings is 1. The lowest BCUT2D eigenvalue weighted by Gasteiger charge is -2.36. The van der Waals surface area contributed by atoms with Gasteiger partial charge in [-0.3, -0.25) is 0 Å². The van der Waals surface area contributed by atoms with Crippen LogP contribution < -0.4 is 10.2 Å². The first-order chi connectivity index (χ1) is 8.67. The Balaban J connectivity index is 2.36. The highest BCUT2D eigenvalue weighted by Crippen LogP contribution is 2.29. The molecule has 1 atom stereocenters. The number of aromatic nitrogens is 1. The second-order valence-electron chi connectivity index (χ2n) is 4.63. The fourth-order valence-electron chi connectivity index (χ4n) is 2.54. The molecule has 1 aliphatic rings. The van der Waals surface area contributed by atoms with Crippen LogP contribution in [0.15, 0.2) is 6.07 Å². The van der Waals surface area contributed by atoms with Gasteiger partial charge in [0.15, 0.2) is 23.3 Å². The first-order valence-corrected chi connectivity index (χ1v) is 6.47. The van der Waals surface area contributed by atoms with Crippen LogP contribution in [0.5, 0.6) is 0 Å². The number of nitrogens with one attached hydrogen (secondary N) is 1. The van der Waals surface area contributed by atoms with Crippen LogP contribution in [-0.2, 0) is 0 Å². The molecule has 0 aliphatic carbocycles. The molecule has 3 nitrogen and oxygen atoms in total. The first-order valence-electron chi connectivity index (χ1n) is 6.47. The molecule has 2 rings (SSSR count). The van der Waals surface area contributed by atoms with E-state index in [1.54, 1.807) is 7.05 Å². The SMILES string of the molecule is CCC1CCCCN1c1nc(NC)c(F)cc1F. The van der Waals surface area contributed by atoms with Crippen molar-refractivity contribution >= 4 is 11.6 Å². The Morgan fingerprint density at radius 3 is 2.83 bits per heavy atom. The molecule has 0 radical (unpaired) electrons. The highest BCUT2D eigenvalue weighted by Gasteiger charge is 2.25. The molecule has 0 spiro atoms. The zero-order chi connectivity index (χ0) is 13.1. The van der Waals surface area contributed by atoms with Crippen molar-refractivity contribution in [3.8, 4) is 0 Å². The molecule has 1 aliphatic heterocycles. The van der Waals surface area contributed by atoms with Crippen LogP contribution >= 0.6 is 0 Å². The van der Waals surface area contributed by atoms with Crippen molar-refractivity contribution in [1.82, 2.24) is 4.98 Å². The fraction of sp³-hybridized carbons (Fsp3) is 0.615. The molecule has 0 amide bonds. The molecule has 100 valence electrons. The van der Waals surface area contributed by atoms with E-state index in [0.717, 1.165) is 38.3 Å². The Morgan fingerprint density at radius 2 is 2.17 bits per heavy atom. The van der Waals surface area contributed by atoms with E-state index in [1.807, 2.05) is 4.90 Å². The standard InChI is InChI=1S/C13H19F2N3/c1-3-9-6-4-5-7-18(9)13-11(15)8-10(14)12(16-2)17-13/h8-9H,3-7H2,1-2H3,(H,16,17). The maximum Gasteiger partial charge on any atom is 0.168 e. The van der Waals surface area contributed by atoms with Crippen LogP contribution in [0.1, 0.15) is 32.6 Å². The number of hydrogen-bond donors (Lipinski definition) is 1. The molecule has 18 heavy (non-hydrogen) atoms. The van der Waals surface area contributed by atoms with E-state index in [0.29, 0.717) is 6.04 Å². The third kappa shape index (κ3) is 2.40. The molecule has 0 bridgehead atoms. The molecule has 0 aromatic carbocycles. The zero-order valence-corrected chi connectivity index (χ0v) is 10.8. The van der Waals surface area contributed by atoms with Gasteiger partial charge in [0.2, 0.25) is 0 Å². The summed E-state index contributed by atoms with van der Waals surface area (Å²) in [5.74, 6) is -0.852. The Labute approximate surface area is 106 Å². The molecule has 1 saturated heterocycles. The number of piperidine rings is 1. The van der Waals surface area contributed by atoms with Gasteiger partial charge in [-0.2, -0.15) is 0 Å². The predicted molar refractivity (Wildman–Crippen MR) is 69.0 cm³/mol. The van der Waals surface area contributed by atoms with E-state index >= 15 is 0 Å². The summed E-state index contributed by atoms with van der Waals surface area (Å²) in [5.41, 5.74) is 0. The Bertz CT molecular complexity index is 423. The maximum absolute atomic E-state index is 13.9. The monoisotopic (exact) mass is 255 g/mol. The summed E-state index contributed by atoms with van der Waals surface area (Å²) >= 11 is 0. The summed E-state index contributed by atoms with van der Waals surface area (Å²) in [6, 6.07) is 1.21. The fourth-order valence-corrected chi connectivity index (χ4v) is 2.54. The second kappa shape index (κ2) is 5.50. The quantitative estimate of drug-likeness (QED) is 0.899. The van der Waals surface area contributed by atoms with E-state index in [1.165, 1.54) is 0 Å². The van der Waals surface area contributed by atoms with Crippen LogP contribution in [0.2, 0.25) is 0 Å². The molecule has 1 unspecified atom stereocenters. The third-order valence-corrected chi connectivity index (χ3v) is 3.52. The van der Waals surface area contributed by atoms with E-state index in [9.17, 15) is 8.78 Å². The van der Waals surface area contributed by atoms with Gasteiger partial charge in [-0.1, -0.05) is 6.92 Å². The van der Waals surface area contributed by atoms with Crippen LogP contribution in [-0.4, -0.2) is 24.6 Å². The van der Waals surface area contributed by atoms with E-state index in [4.69, 9.17) is 0 Å². The van der Waals surface area contributed by atoms with Gasteiger partial charge in [0.05, 0.1) is 0 Å². The van der Waals surface area contributed by atoms with Crippen LogP contribution in [0, 0.1) is 11.6 Å². The highest BCUT2D eigenvalue weighted by molar-refractivity contribution is 5.50. The van der Waals surface area contributed by atoms with Crippen LogP contribution in [0.25, 0.3) is 0 Å². The molecule has 1 aromatic rings. The van der Waals surface area contributed by atoms with E-state index in [-0.39, 0.29) is 11.6 Å². The number of hydrogen-bond acceptors (Lipinski definition) is 3. The lowest BCUT2D eigenvalue weighted by Crippen LogP contribution is -2.40. The number of rotatable bonds is 3. The minimum absolute atomic E-state index is 0.104. The van der Waals surface area contributed by atoms with Gasteiger partial charge in [-0.25, -0.2) is 13.8 Å². The van der Waals surface area contributed by atoms with Crippen molar-refractivity contribution in [1.29, 1.82) is 0 Å². The van der Waals surface area contributed by atoms with Gasteiger partial charge >= 0.3 is 0 Å². The van der Waals surface area contributed by atoms with Gasteiger partial charge in [0.1, 0.15) is 0 Å². The van der Waals surface area contributed by atoms with Crippen molar-refractivity contribution in [2.24, 2.45) is 0 Å². The number of nitrogens with zero attached hydrogens (tertiary/aromatic N) is 2. The first kappa shape index (κ1) is 13.1. The van der Waals surface area contributed by atoms with Crippen molar-refractivity contribution in [2.45, 2.75) is 38.6 Å². The van der Waals surface area contributed by atoms with Gasteiger partial charge in [0.25, 0.3) is 0 Å².